The molecule has 0 spiro atoms. The average Bonchev–Trinajstić information content (AvgIpc) is 3.41. The number of piperidine rings is 1. The van der Waals surface area contributed by atoms with Crippen molar-refractivity contribution in [1.29, 1.82) is 0 Å². The molecule has 3 heterocycles. The van der Waals surface area contributed by atoms with Crippen molar-refractivity contribution in [1.82, 2.24) is 25.1 Å². The number of rotatable bonds is 5. The lowest BCUT2D eigenvalue weighted by Crippen LogP contribution is -2.34. The first-order valence-electron chi connectivity index (χ1n) is 10.2. The molecule has 154 valence electrons. The van der Waals surface area contributed by atoms with Crippen molar-refractivity contribution < 1.29 is 9.13 Å². The molecule has 7 heteroatoms. The Morgan fingerprint density at radius 1 is 1.23 bits per heavy atom. The number of nitrogens with one attached hydrogen (secondary N) is 2. The SMILES string of the molecule is COc1ccc(-c2[nH]ncc2CN2CCCC(c3nc4ccccc4[nH]3)C2)cc1F. The Kier molecular flexibility index (Phi) is 4.96. The summed E-state index contributed by atoms with van der Waals surface area (Å²) in [6, 6.07) is 13.1. The van der Waals surface area contributed by atoms with Crippen LogP contribution >= 0.6 is 0 Å². The third-order valence-corrected chi connectivity index (χ3v) is 5.85. The fraction of sp³-hybridized carbons (Fsp3) is 0.304. The van der Waals surface area contributed by atoms with Gasteiger partial charge in [-0.1, -0.05) is 12.1 Å². The van der Waals surface area contributed by atoms with Gasteiger partial charge >= 0.3 is 0 Å². The summed E-state index contributed by atoms with van der Waals surface area (Å²) >= 11 is 0. The summed E-state index contributed by atoms with van der Waals surface area (Å²) in [4.78, 5) is 10.7. The van der Waals surface area contributed by atoms with Crippen LogP contribution < -0.4 is 4.74 Å². The second-order valence-corrected chi connectivity index (χ2v) is 7.83. The second kappa shape index (κ2) is 7.91. The van der Waals surface area contributed by atoms with Crippen LogP contribution in [0.4, 0.5) is 4.39 Å². The van der Waals surface area contributed by atoms with Gasteiger partial charge in [0.2, 0.25) is 0 Å². The summed E-state index contributed by atoms with van der Waals surface area (Å²) in [5.74, 6) is 1.30. The molecule has 1 aliphatic heterocycles. The molecule has 0 radical (unpaired) electrons. The third-order valence-electron chi connectivity index (χ3n) is 5.85. The van der Waals surface area contributed by atoms with E-state index in [1.54, 1.807) is 6.07 Å². The Hall–Kier alpha value is -3.19. The van der Waals surface area contributed by atoms with Crippen molar-refractivity contribution in [3.63, 3.8) is 0 Å². The Balaban J connectivity index is 1.34. The molecule has 0 bridgehead atoms. The van der Waals surface area contributed by atoms with Crippen molar-refractivity contribution in [2.75, 3.05) is 20.2 Å². The zero-order chi connectivity index (χ0) is 20.5. The van der Waals surface area contributed by atoms with Crippen LogP contribution in [0.25, 0.3) is 22.3 Å². The van der Waals surface area contributed by atoms with E-state index in [2.05, 4.69) is 26.1 Å². The number of aromatic nitrogens is 4. The normalized spacial score (nSPS) is 17.5. The van der Waals surface area contributed by atoms with Gasteiger partial charge in [-0.25, -0.2) is 9.37 Å². The molecule has 1 atom stereocenters. The molecule has 30 heavy (non-hydrogen) atoms. The van der Waals surface area contributed by atoms with Crippen molar-refractivity contribution >= 4 is 11.0 Å². The first-order valence-corrected chi connectivity index (χ1v) is 10.2. The number of benzene rings is 2. The summed E-state index contributed by atoms with van der Waals surface area (Å²) in [5.41, 5.74) is 4.78. The monoisotopic (exact) mass is 405 g/mol. The van der Waals surface area contributed by atoms with Gasteiger partial charge in [0.15, 0.2) is 11.6 Å². The fourth-order valence-electron chi connectivity index (χ4n) is 4.33. The fourth-order valence-corrected chi connectivity index (χ4v) is 4.33. The average molecular weight is 405 g/mol. The van der Waals surface area contributed by atoms with Gasteiger partial charge in [-0.2, -0.15) is 5.10 Å². The first kappa shape index (κ1) is 18.8. The van der Waals surface area contributed by atoms with Gasteiger partial charge < -0.3 is 9.72 Å². The molecule has 2 aromatic heterocycles. The number of halogens is 1. The van der Waals surface area contributed by atoms with Crippen LogP contribution in [0.15, 0.2) is 48.7 Å². The van der Waals surface area contributed by atoms with Crippen molar-refractivity contribution in [3.8, 4) is 17.0 Å². The predicted octanol–water partition coefficient (Wildman–Crippen LogP) is 4.48. The van der Waals surface area contributed by atoms with Crippen LogP contribution in [0.3, 0.4) is 0 Å². The summed E-state index contributed by atoms with van der Waals surface area (Å²) < 4.78 is 19.2. The summed E-state index contributed by atoms with van der Waals surface area (Å²) in [6.07, 6.45) is 4.08. The number of methoxy groups -OCH3 is 1. The van der Waals surface area contributed by atoms with Crippen molar-refractivity contribution in [2.45, 2.75) is 25.3 Å². The number of para-hydroxylation sites is 2. The molecule has 0 amide bonds. The summed E-state index contributed by atoms with van der Waals surface area (Å²) in [6.45, 7) is 2.72. The maximum atomic E-state index is 14.2. The molecule has 1 fully saturated rings. The van der Waals surface area contributed by atoms with Gasteiger partial charge in [0.1, 0.15) is 5.82 Å². The molecule has 1 aliphatic rings. The number of ether oxygens (including phenoxy) is 1. The van der Waals surface area contributed by atoms with Gasteiger partial charge in [-0.15, -0.1) is 0 Å². The zero-order valence-electron chi connectivity index (χ0n) is 16.9. The minimum absolute atomic E-state index is 0.240. The van der Waals surface area contributed by atoms with Crippen LogP contribution in [-0.2, 0) is 6.54 Å². The lowest BCUT2D eigenvalue weighted by molar-refractivity contribution is 0.197. The number of hydrogen-bond donors (Lipinski definition) is 2. The molecule has 2 aromatic carbocycles. The van der Waals surface area contributed by atoms with Gasteiger partial charge in [0, 0.05) is 30.1 Å². The standard InChI is InChI=1S/C23H24FN5O/c1-30-21-9-8-15(11-18(21)24)22-17(12-25-28-22)14-29-10-4-5-16(13-29)23-26-19-6-2-3-7-20(19)27-23/h2-3,6-9,11-12,16H,4-5,10,13-14H2,1H3,(H,25,28)(H,26,27). The number of H-pyrrole nitrogens is 2. The smallest absolute Gasteiger partial charge is 0.165 e. The number of likely N-dealkylation sites (tertiary alicyclic amines) is 1. The molecule has 2 N–H and O–H groups in total. The van der Waals surface area contributed by atoms with E-state index in [0.29, 0.717) is 5.92 Å². The van der Waals surface area contributed by atoms with Crippen LogP contribution in [0.2, 0.25) is 0 Å². The van der Waals surface area contributed by atoms with Gasteiger partial charge in [-0.05, 0) is 49.7 Å². The quantitative estimate of drug-likeness (QED) is 0.514. The van der Waals surface area contributed by atoms with Crippen LogP contribution in [0.5, 0.6) is 5.75 Å². The summed E-state index contributed by atoms with van der Waals surface area (Å²) in [7, 11) is 1.47. The zero-order valence-corrected chi connectivity index (χ0v) is 16.9. The number of fused-ring (bicyclic) bond motifs is 1. The molecule has 6 nitrogen and oxygen atoms in total. The molecule has 5 rings (SSSR count). The van der Waals surface area contributed by atoms with Gasteiger partial charge in [0.05, 0.1) is 30.0 Å². The third kappa shape index (κ3) is 3.57. The molecule has 1 saturated heterocycles. The maximum Gasteiger partial charge on any atom is 0.165 e. The topological polar surface area (TPSA) is 69.8 Å². The number of imidazole rings is 1. The van der Waals surface area contributed by atoms with Crippen LogP contribution in [-0.4, -0.2) is 45.3 Å². The van der Waals surface area contributed by atoms with Gasteiger partial charge in [0.25, 0.3) is 0 Å². The largest absolute Gasteiger partial charge is 0.494 e. The van der Waals surface area contributed by atoms with Crippen LogP contribution in [0.1, 0.15) is 30.1 Å². The number of nitrogens with zero attached hydrogens (tertiary/aromatic N) is 3. The highest BCUT2D eigenvalue weighted by atomic mass is 19.1. The van der Waals surface area contributed by atoms with E-state index < -0.39 is 0 Å². The number of hydrogen-bond acceptors (Lipinski definition) is 4. The lowest BCUT2D eigenvalue weighted by Gasteiger charge is -2.31. The first-order chi connectivity index (χ1) is 14.7. The number of aromatic amines is 2. The van der Waals surface area contributed by atoms with Crippen molar-refractivity contribution in [3.05, 3.63) is 65.9 Å². The van der Waals surface area contributed by atoms with E-state index in [0.717, 1.165) is 66.2 Å². The minimum Gasteiger partial charge on any atom is -0.494 e. The molecule has 0 aliphatic carbocycles. The molecule has 4 aromatic rings. The molecule has 0 saturated carbocycles. The van der Waals surface area contributed by atoms with Crippen molar-refractivity contribution in [2.24, 2.45) is 0 Å². The van der Waals surface area contributed by atoms with E-state index in [1.807, 2.05) is 30.5 Å². The molecular formula is C23H24FN5O. The van der Waals surface area contributed by atoms with E-state index in [4.69, 9.17) is 9.72 Å². The minimum atomic E-state index is -0.376. The second-order valence-electron chi connectivity index (χ2n) is 7.83. The Labute approximate surface area is 174 Å². The Morgan fingerprint density at radius 3 is 2.97 bits per heavy atom. The van der Waals surface area contributed by atoms with Gasteiger partial charge in [-0.3, -0.25) is 10.00 Å². The van der Waals surface area contributed by atoms with E-state index in [1.165, 1.54) is 13.2 Å². The Morgan fingerprint density at radius 2 is 2.13 bits per heavy atom. The highest BCUT2D eigenvalue weighted by Gasteiger charge is 2.25. The highest BCUT2D eigenvalue weighted by Crippen LogP contribution is 2.30. The van der Waals surface area contributed by atoms with E-state index in [-0.39, 0.29) is 11.6 Å². The predicted molar refractivity (Wildman–Crippen MR) is 114 cm³/mol. The molecular weight excluding hydrogens is 381 g/mol. The molecule has 1 unspecified atom stereocenters. The van der Waals surface area contributed by atoms with E-state index >= 15 is 0 Å². The lowest BCUT2D eigenvalue weighted by atomic mass is 9.96. The summed E-state index contributed by atoms with van der Waals surface area (Å²) in [5, 5.41) is 7.25. The Bertz CT molecular complexity index is 1130. The highest BCUT2D eigenvalue weighted by molar-refractivity contribution is 5.74. The maximum absolute atomic E-state index is 14.2. The van der Waals surface area contributed by atoms with E-state index in [9.17, 15) is 4.39 Å². The van der Waals surface area contributed by atoms with Crippen LogP contribution in [0, 0.1) is 5.82 Å².